The first-order chi connectivity index (χ1) is 5.83. The summed E-state index contributed by atoms with van der Waals surface area (Å²) in [4.78, 5) is 0. The average molecular weight is 170 g/mol. The minimum absolute atomic E-state index is 0.189. The van der Waals surface area contributed by atoms with Crippen LogP contribution >= 0.6 is 0 Å². The highest BCUT2D eigenvalue weighted by atomic mass is 16.5. The van der Waals surface area contributed by atoms with Crippen LogP contribution in [0.1, 0.15) is 25.7 Å². The third-order valence-electron chi connectivity index (χ3n) is 2.39. The molecule has 2 heteroatoms. The predicted octanol–water partition coefficient (Wildman–Crippen LogP) is 1.74. The van der Waals surface area contributed by atoms with E-state index in [2.05, 4.69) is 6.58 Å². The minimum Gasteiger partial charge on any atom is -0.393 e. The smallest absolute Gasteiger partial charge is 0.0577 e. The second kappa shape index (κ2) is 5.33. The molecule has 0 spiro atoms. The summed E-state index contributed by atoms with van der Waals surface area (Å²) in [6, 6.07) is 0. The normalized spacial score (nSPS) is 22.1. The average Bonchev–Trinajstić information content (AvgIpc) is 2.06. The fraction of sp³-hybridized carbons (Fsp3) is 0.800. The van der Waals surface area contributed by atoms with Crippen LogP contribution in [0.5, 0.6) is 0 Å². The van der Waals surface area contributed by atoms with Crippen molar-refractivity contribution in [3.63, 3.8) is 0 Å². The number of aliphatic hydroxyl groups is 1. The van der Waals surface area contributed by atoms with Gasteiger partial charge in [0, 0.05) is 13.2 Å². The monoisotopic (exact) mass is 170 g/mol. The third-order valence-corrected chi connectivity index (χ3v) is 2.39. The van der Waals surface area contributed by atoms with Crippen LogP contribution in [0.15, 0.2) is 12.7 Å². The van der Waals surface area contributed by atoms with Crippen LogP contribution in [0.2, 0.25) is 0 Å². The second-order valence-corrected chi connectivity index (χ2v) is 3.47. The summed E-state index contributed by atoms with van der Waals surface area (Å²) in [5, 5.41) is 9.49. The maximum atomic E-state index is 9.49. The van der Waals surface area contributed by atoms with Gasteiger partial charge in [-0.15, -0.1) is 6.58 Å². The van der Waals surface area contributed by atoms with Gasteiger partial charge in [0.1, 0.15) is 0 Å². The molecule has 0 radical (unpaired) electrons. The Labute approximate surface area is 74.2 Å². The largest absolute Gasteiger partial charge is 0.393 e. The van der Waals surface area contributed by atoms with E-state index in [0.717, 1.165) is 38.9 Å². The third kappa shape index (κ3) is 3.37. The van der Waals surface area contributed by atoms with Gasteiger partial charge in [-0.2, -0.15) is 0 Å². The number of aliphatic hydroxyl groups excluding tert-OH is 1. The zero-order chi connectivity index (χ0) is 8.81. The van der Waals surface area contributed by atoms with Gasteiger partial charge in [0.15, 0.2) is 0 Å². The van der Waals surface area contributed by atoms with Crippen molar-refractivity contribution in [1.29, 1.82) is 0 Å². The maximum absolute atomic E-state index is 9.49. The summed E-state index contributed by atoms with van der Waals surface area (Å²) in [5.41, 5.74) is 0. The number of ether oxygens (including phenoxy) is 1. The lowest BCUT2D eigenvalue weighted by Gasteiger charge is -2.23. The van der Waals surface area contributed by atoms with Crippen LogP contribution < -0.4 is 0 Å². The van der Waals surface area contributed by atoms with Gasteiger partial charge in [0.2, 0.25) is 0 Å². The van der Waals surface area contributed by atoms with Gasteiger partial charge in [-0.25, -0.2) is 0 Å². The van der Waals surface area contributed by atoms with E-state index in [1.54, 1.807) is 6.08 Å². The fourth-order valence-corrected chi connectivity index (χ4v) is 1.66. The van der Waals surface area contributed by atoms with Crippen molar-refractivity contribution in [1.82, 2.24) is 0 Å². The molecule has 0 aliphatic carbocycles. The molecule has 2 nitrogen and oxygen atoms in total. The number of hydrogen-bond donors (Lipinski definition) is 1. The van der Waals surface area contributed by atoms with Crippen molar-refractivity contribution in [2.24, 2.45) is 5.92 Å². The van der Waals surface area contributed by atoms with Gasteiger partial charge in [-0.05, 0) is 31.6 Å². The molecule has 1 heterocycles. The Morgan fingerprint density at radius 1 is 1.50 bits per heavy atom. The van der Waals surface area contributed by atoms with E-state index in [1.165, 1.54) is 0 Å². The minimum atomic E-state index is -0.189. The quantitative estimate of drug-likeness (QED) is 0.651. The van der Waals surface area contributed by atoms with E-state index < -0.39 is 0 Å². The van der Waals surface area contributed by atoms with Gasteiger partial charge in [0.25, 0.3) is 0 Å². The van der Waals surface area contributed by atoms with Crippen LogP contribution in [-0.4, -0.2) is 24.4 Å². The zero-order valence-corrected chi connectivity index (χ0v) is 7.54. The van der Waals surface area contributed by atoms with E-state index in [4.69, 9.17) is 4.74 Å². The summed E-state index contributed by atoms with van der Waals surface area (Å²) in [7, 11) is 0. The Balaban J connectivity index is 2.15. The summed E-state index contributed by atoms with van der Waals surface area (Å²) < 4.78 is 5.24. The molecule has 1 rings (SSSR count). The Morgan fingerprint density at radius 2 is 2.17 bits per heavy atom. The van der Waals surface area contributed by atoms with Gasteiger partial charge < -0.3 is 9.84 Å². The van der Waals surface area contributed by atoms with Crippen LogP contribution in [0.4, 0.5) is 0 Å². The molecular weight excluding hydrogens is 152 g/mol. The molecule has 1 atom stereocenters. The molecule has 1 fully saturated rings. The SMILES string of the molecule is C=CCC(O)CC1CCOCC1. The van der Waals surface area contributed by atoms with Crippen molar-refractivity contribution in [2.45, 2.75) is 31.8 Å². The highest BCUT2D eigenvalue weighted by Crippen LogP contribution is 2.20. The molecule has 1 aliphatic rings. The standard InChI is InChI=1S/C10H18O2/c1-2-3-10(11)8-9-4-6-12-7-5-9/h2,9-11H,1,3-8H2. The summed E-state index contributed by atoms with van der Waals surface area (Å²) in [6.07, 6.45) is 5.43. The molecule has 0 amide bonds. The van der Waals surface area contributed by atoms with Crippen molar-refractivity contribution in [2.75, 3.05) is 13.2 Å². The van der Waals surface area contributed by atoms with Gasteiger partial charge in [-0.3, -0.25) is 0 Å². The van der Waals surface area contributed by atoms with Crippen molar-refractivity contribution >= 4 is 0 Å². The van der Waals surface area contributed by atoms with Crippen molar-refractivity contribution < 1.29 is 9.84 Å². The van der Waals surface area contributed by atoms with Gasteiger partial charge >= 0.3 is 0 Å². The molecule has 1 aliphatic heterocycles. The molecule has 1 unspecified atom stereocenters. The van der Waals surface area contributed by atoms with Crippen molar-refractivity contribution in [3.05, 3.63) is 12.7 Å². The van der Waals surface area contributed by atoms with Crippen LogP contribution in [0.3, 0.4) is 0 Å². The Bertz CT molecular complexity index is 128. The lowest BCUT2D eigenvalue weighted by molar-refractivity contribution is 0.0444. The fourth-order valence-electron chi connectivity index (χ4n) is 1.66. The predicted molar refractivity (Wildman–Crippen MR) is 49.0 cm³/mol. The first-order valence-electron chi connectivity index (χ1n) is 4.69. The van der Waals surface area contributed by atoms with Crippen molar-refractivity contribution in [3.8, 4) is 0 Å². The maximum Gasteiger partial charge on any atom is 0.0577 e. The molecule has 0 saturated carbocycles. The number of hydrogen-bond acceptors (Lipinski definition) is 2. The Hall–Kier alpha value is -0.340. The van der Waals surface area contributed by atoms with E-state index >= 15 is 0 Å². The first-order valence-corrected chi connectivity index (χ1v) is 4.69. The molecule has 1 N–H and O–H groups in total. The van der Waals surface area contributed by atoms with E-state index in [9.17, 15) is 5.11 Å². The van der Waals surface area contributed by atoms with E-state index in [-0.39, 0.29) is 6.10 Å². The molecule has 70 valence electrons. The van der Waals surface area contributed by atoms with Gasteiger partial charge in [-0.1, -0.05) is 6.08 Å². The van der Waals surface area contributed by atoms with Gasteiger partial charge in [0.05, 0.1) is 6.10 Å². The molecule has 1 saturated heterocycles. The summed E-state index contributed by atoms with van der Waals surface area (Å²) in [5.74, 6) is 0.661. The zero-order valence-electron chi connectivity index (χ0n) is 7.54. The second-order valence-electron chi connectivity index (χ2n) is 3.47. The Kier molecular flexibility index (Phi) is 4.33. The molecule has 0 bridgehead atoms. The molecule has 12 heavy (non-hydrogen) atoms. The van der Waals surface area contributed by atoms with Crippen LogP contribution in [0.25, 0.3) is 0 Å². The van der Waals surface area contributed by atoms with Crippen LogP contribution in [-0.2, 0) is 4.74 Å². The highest BCUT2D eigenvalue weighted by molar-refractivity contribution is 4.75. The lowest BCUT2D eigenvalue weighted by Crippen LogP contribution is -2.20. The molecule has 0 aromatic rings. The summed E-state index contributed by atoms with van der Waals surface area (Å²) >= 11 is 0. The number of rotatable bonds is 4. The Morgan fingerprint density at radius 3 is 2.75 bits per heavy atom. The highest BCUT2D eigenvalue weighted by Gasteiger charge is 2.16. The topological polar surface area (TPSA) is 29.5 Å². The first kappa shape index (κ1) is 9.75. The summed E-state index contributed by atoms with van der Waals surface area (Å²) in [6.45, 7) is 5.34. The van der Waals surface area contributed by atoms with E-state index in [0.29, 0.717) is 5.92 Å². The molecule has 0 aromatic heterocycles. The van der Waals surface area contributed by atoms with E-state index in [1.807, 2.05) is 0 Å². The lowest BCUT2D eigenvalue weighted by atomic mass is 9.93. The molecular formula is C10H18O2. The molecule has 0 aromatic carbocycles. The van der Waals surface area contributed by atoms with Crippen LogP contribution in [0, 0.1) is 5.92 Å².